The van der Waals surface area contributed by atoms with Gasteiger partial charge >= 0.3 is 5.97 Å². The third kappa shape index (κ3) is 5.95. The molecule has 5 aromatic rings. The lowest BCUT2D eigenvalue weighted by molar-refractivity contribution is -0.160. The zero-order valence-corrected chi connectivity index (χ0v) is 26.3. The minimum absolute atomic E-state index is 0.226. The van der Waals surface area contributed by atoms with Gasteiger partial charge in [0.2, 0.25) is 0 Å². The fourth-order valence-corrected chi connectivity index (χ4v) is 5.88. The zero-order chi connectivity index (χ0) is 32.7. The van der Waals surface area contributed by atoms with Gasteiger partial charge in [-0.1, -0.05) is 30.3 Å². The number of hydrogen-bond donors (Lipinski definition) is 2. The van der Waals surface area contributed by atoms with Gasteiger partial charge < -0.3 is 19.9 Å². The van der Waals surface area contributed by atoms with Crippen molar-refractivity contribution in [3.63, 3.8) is 0 Å². The summed E-state index contributed by atoms with van der Waals surface area (Å²) in [6.45, 7) is 9.36. The summed E-state index contributed by atoms with van der Waals surface area (Å²) >= 11 is 0. The molecule has 0 fully saturated rings. The van der Waals surface area contributed by atoms with Crippen LogP contribution in [0.4, 0.5) is 10.1 Å². The smallest absolute Gasteiger partial charge is 0.337 e. The molecule has 1 atom stereocenters. The largest absolute Gasteiger partial charge is 0.490 e. The molecule has 0 bridgehead atoms. The van der Waals surface area contributed by atoms with Gasteiger partial charge in [-0.25, -0.2) is 18.7 Å². The van der Waals surface area contributed by atoms with Crippen molar-refractivity contribution in [2.24, 2.45) is 0 Å². The summed E-state index contributed by atoms with van der Waals surface area (Å²) < 4.78 is 29.0. The maximum atomic E-state index is 15.7. The van der Waals surface area contributed by atoms with E-state index in [-0.39, 0.29) is 17.2 Å². The predicted octanol–water partition coefficient (Wildman–Crippen LogP) is 7.34. The van der Waals surface area contributed by atoms with Crippen LogP contribution in [0.2, 0.25) is 0 Å². The van der Waals surface area contributed by atoms with E-state index in [1.54, 1.807) is 56.5 Å². The Hall–Kier alpha value is -5.09. The van der Waals surface area contributed by atoms with Crippen molar-refractivity contribution in [1.29, 1.82) is 0 Å². The van der Waals surface area contributed by atoms with E-state index in [0.717, 1.165) is 17.5 Å². The normalized spacial score (nSPS) is 13.6. The number of fused-ring (bicyclic) bond motifs is 2. The molecule has 0 aliphatic carbocycles. The minimum Gasteiger partial charge on any atom is -0.490 e. The van der Waals surface area contributed by atoms with Crippen molar-refractivity contribution in [2.75, 3.05) is 11.9 Å². The average molecular weight is 623 g/mol. The van der Waals surface area contributed by atoms with Crippen molar-refractivity contribution in [3.05, 3.63) is 100 Å². The van der Waals surface area contributed by atoms with Gasteiger partial charge in [0, 0.05) is 45.3 Å². The van der Waals surface area contributed by atoms with Crippen molar-refractivity contribution in [3.8, 4) is 28.3 Å². The molecule has 46 heavy (non-hydrogen) atoms. The molecule has 9 nitrogen and oxygen atoms in total. The molecule has 2 aromatic heterocycles. The van der Waals surface area contributed by atoms with Gasteiger partial charge in [-0.05, 0) is 83.4 Å². The molecule has 0 saturated heterocycles. The summed E-state index contributed by atoms with van der Waals surface area (Å²) in [6, 6.07) is 19.4. The van der Waals surface area contributed by atoms with E-state index in [2.05, 4.69) is 5.32 Å². The number of carboxylic acids is 1. The molecule has 2 N–H and O–H groups in total. The Bertz CT molecular complexity index is 1980. The van der Waals surface area contributed by atoms with Gasteiger partial charge in [0.25, 0.3) is 5.91 Å². The van der Waals surface area contributed by atoms with Crippen molar-refractivity contribution in [1.82, 2.24) is 14.6 Å². The number of carbonyl (C=O) groups excluding carboxylic acids is 1. The first-order valence-electron chi connectivity index (χ1n) is 15.1. The van der Waals surface area contributed by atoms with Crippen LogP contribution in [-0.4, -0.2) is 43.8 Å². The van der Waals surface area contributed by atoms with Crippen LogP contribution >= 0.6 is 0 Å². The summed E-state index contributed by atoms with van der Waals surface area (Å²) in [5.41, 5.74) is 4.91. The second-order valence-electron chi connectivity index (χ2n) is 12.4. The standard InChI is InChI=1S/C36H35FN4O5/c1-20-25-15-10-16-45-32(25)27(37)18-26(20)31-30(33(35(43)44)46-36(3,4)5)21(2)38-29-19-28(40-41(29)31)22-11-9-12-23(17-22)34(42)39-24-13-7-6-8-14-24/h6-9,11-14,17-19,33H,10,15-16H2,1-5H3,(H,39,42)(H,43,44). The van der Waals surface area contributed by atoms with Crippen LogP contribution in [0.5, 0.6) is 5.75 Å². The number of rotatable bonds is 7. The number of amides is 1. The SMILES string of the molecule is Cc1nc2cc(-c3cccc(C(=O)Nc4ccccc4)c3)nn2c(-c2cc(F)c3c(c2C)CCCO3)c1C(OC(C)(C)C)C(=O)O. The monoisotopic (exact) mass is 622 g/mol. The molecule has 6 rings (SSSR count). The van der Waals surface area contributed by atoms with E-state index < -0.39 is 23.5 Å². The molecule has 10 heteroatoms. The molecule has 1 aliphatic heterocycles. The quantitative estimate of drug-likeness (QED) is 0.195. The van der Waals surface area contributed by atoms with Crippen LogP contribution in [0.25, 0.3) is 28.2 Å². The number of halogens is 1. The zero-order valence-electron chi connectivity index (χ0n) is 26.3. The van der Waals surface area contributed by atoms with Gasteiger partial charge in [-0.15, -0.1) is 0 Å². The van der Waals surface area contributed by atoms with Crippen LogP contribution in [0, 0.1) is 19.7 Å². The molecular formula is C36H35FN4O5. The maximum absolute atomic E-state index is 15.7. The van der Waals surface area contributed by atoms with Gasteiger partial charge in [-0.2, -0.15) is 5.10 Å². The molecule has 0 saturated carbocycles. The molecule has 0 radical (unpaired) electrons. The van der Waals surface area contributed by atoms with Gasteiger partial charge in [-0.3, -0.25) is 4.79 Å². The Balaban J connectivity index is 1.55. The second-order valence-corrected chi connectivity index (χ2v) is 12.4. The molecule has 236 valence electrons. The number of nitrogens with zero attached hydrogens (tertiary/aromatic N) is 3. The number of para-hydroxylation sites is 1. The first kappa shape index (κ1) is 30.9. The lowest BCUT2D eigenvalue weighted by Gasteiger charge is -2.28. The van der Waals surface area contributed by atoms with Gasteiger partial charge in [0.15, 0.2) is 23.3 Å². The van der Waals surface area contributed by atoms with Gasteiger partial charge in [0.05, 0.1) is 23.6 Å². The number of ether oxygens (including phenoxy) is 2. The number of nitrogens with one attached hydrogen (secondary N) is 1. The Morgan fingerprint density at radius 2 is 1.83 bits per heavy atom. The van der Waals surface area contributed by atoms with Crippen LogP contribution < -0.4 is 10.1 Å². The van der Waals surface area contributed by atoms with Crippen LogP contribution in [0.1, 0.15) is 66.0 Å². The first-order valence-corrected chi connectivity index (χ1v) is 15.1. The minimum atomic E-state index is -1.42. The lowest BCUT2D eigenvalue weighted by atomic mass is 9.91. The number of carboxylic acid groups (broad SMARTS) is 1. The topological polar surface area (TPSA) is 115 Å². The molecule has 1 aliphatic rings. The van der Waals surface area contributed by atoms with E-state index in [0.29, 0.717) is 58.1 Å². The Morgan fingerprint density at radius 3 is 2.54 bits per heavy atom. The number of anilines is 1. The van der Waals surface area contributed by atoms with Crippen molar-refractivity contribution >= 4 is 23.2 Å². The maximum Gasteiger partial charge on any atom is 0.337 e. The Kier molecular flexibility index (Phi) is 8.08. The summed E-state index contributed by atoms with van der Waals surface area (Å²) in [6.07, 6.45) is -0.0593. The molecule has 3 aromatic carbocycles. The van der Waals surface area contributed by atoms with E-state index >= 15 is 4.39 Å². The summed E-state index contributed by atoms with van der Waals surface area (Å²) in [4.78, 5) is 30.6. The number of hydrogen-bond acceptors (Lipinski definition) is 6. The number of benzene rings is 3. The number of aliphatic carboxylic acids is 1. The van der Waals surface area contributed by atoms with Crippen LogP contribution in [0.15, 0.2) is 66.7 Å². The summed E-state index contributed by atoms with van der Waals surface area (Å²) in [5.74, 6) is -1.79. The third-order valence-electron chi connectivity index (χ3n) is 7.93. The lowest BCUT2D eigenvalue weighted by Crippen LogP contribution is -2.29. The summed E-state index contributed by atoms with van der Waals surface area (Å²) in [5, 5.41) is 18.2. The molecular weight excluding hydrogens is 587 g/mol. The highest BCUT2D eigenvalue weighted by Crippen LogP contribution is 2.42. The van der Waals surface area contributed by atoms with Crippen molar-refractivity contribution in [2.45, 2.75) is 59.2 Å². The van der Waals surface area contributed by atoms with Crippen molar-refractivity contribution < 1.29 is 28.6 Å². The highest BCUT2D eigenvalue weighted by Gasteiger charge is 2.34. The number of aromatic nitrogens is 3. The molecule has 3 heterocycles. The Morgan fingerprint density at radius 1 is 1.07 bits per heavy atom. The highest BCUT2D eigenvalue weighted by molar-refractivity contribution is 6.05. The fourth-order valence-electron chi connectivity index (χ4n) is 5.88. The van der Waals surface area contributed by atoms with E-state index in [1.807, 2.05) is 43.3 Å². The highest BCUT2D eigenvalue weighted by atomic mass is 19.1. The molecule has 1 unspecified atom stereocenters. The first-order chi connectivity index (χ1) is 21.9. The number of aryl methyl sites for hydroxylation is 1. The predicted molar refractivity (Wildman–Crippen MR) is 173 cm³/mol. The van der Waals surface area contributed by atoms with E-state index in [9.17, 15) is 14.7 Å². The molecule has 1 amide bonds. The summed E-state index contributed by atoms with van der Waals surface area (Å²) in [7, 11) is 0. The third-order valence-corrected chi connectivity index (χ3v) is 7.93. The van der Waals surface area contributed by atoms with E-state index in [1.165, 1.54) is 6.07 Å². The average Bonchev–Trinajstić information content (AvgIpc) is 3.45. The Labute approximate surface area is 266 Å². The van der Waals surface area contributed by atoms with E-state index in [4.69, 9.17) is 19.6 Å². The van der Waals surface area contributed by atoms with Crippen LogP contribution in [0.3, 0.4) is 0 Å². The van der Waals surface area contributed by atoms with Crippen LogP contribution in [-0.2, 0) is 16.0 Å². The molecule has 0 spiro atoms. The van der Waals surface area contributed by atoms with Gasteiger partial charge in [0.1, 0.15) is 0 Å². The fraction of sp³-hybridized carbons (Fsp3) is 0.278. The second kappa shape index (κ2) is 12.0. The number of carbonyl (C=O) groups is 2.